The summed E-state index contributed by atoms with van der Waals surface area (Å²) >= 11 is 0. The van der Waals surface area contributed by atoms with Crippen LogP contribution in [0, 0.1) is 11.3 Å². The molecular formula is C18H11N3O2. The lowest BCUT2D eigenvalue weighted by molar-refractivity contribution is 0.0894. The fourth-order valence-electron chi connectivity index (χ4n) is 2.22. The van der Waals surface area contributed by atoms with E-state index < -0.39 is 0 Å². The van der Waals surface area contributed by atoms with Gasteiger partial charge in [0.1, 0.15) is 0 Å². The molecule has 3 aromatic rings. The third-order valence-corrected chi connectivity index (χ3v) is 3.45. The second-order valence-corrected chi connectivity index (χ2v) is 4.97. The zero-order valence-corrected chi connectivity index (χ0v) is 12.1. The number of nitrogens with zero attached hydrogens (tertiary/aromatic N) is 3. The Hall–Kier alpha value is -3.39. The van der Waals surface area contributed by atoms with E-state index in [0.717, 1.165) is 0 Å². The van der Waals surface area contributed by atoms with Crippen molar-refractivity contribution >= 4 is 22.6 Å². The first-order chi connectivity index (χ1) is 11.2. The monoisotopic (exact) mass is 301 g/mol. The first-order valence-electron chi connectivity index (χ1n) is 6.95. The molecule has 0 aliphatic heterocycles. The molecule has 110 valence electrons. The van der Waals surface area contributed by atoms with E-state index in [0.29, 0.717) is 27.7 Å². The number of Topliss-reactive ketones (excluding diaryl/α,β-unsaturated/α-hetero) is 2. The molecular weight excluding hydrogens is 290 g/mol. The molecule has 0 aliphatic carbocycles. The van der Waals surface area contributed by atoms with Gasteiger partial charge in [-0.3, -0.25) is 19.6 Å². The van der Waals surface area contributed by atoms with E-state index >= 15 is 0 Å². The highest BCUT2D eigenvalue weighted by molar-refractivity contribution is 6.14. The third-order valence-electron chi connectivity index (χ3n) is 3.45. The summed E-state index contributed by atoms with van der Waals surface area (Å²) in [6.07, 6.45) is 2.91. The maximum Gasteiger partial charge on any atom is 0.170 e. The smallest absolute Gasteiger partial charge is 0.170 e. The molecule has 1 heterocycles. The summed E-state index contributed by atoms with van der Waals surface area (Å²) < 4.78 is 0. The minimum Gasteiger partial charge on any atom is -0.294 e. The van der Waals surface area contributed by atoms with Gasteiger partial charge in [0.25, 0.3) is 0 Å². The molecule has 1 aromatic heterocycles. The Morgan fingerprint density at radius 1 is 0.870 bits per heavy atom. The topological polar surface area (TPSA) is 83.7 Å². The van der Waals surface area contributed by atoms with Crippen LogP contribution in [0.3, 0.4) is 0 Å². The lowest BCUT2D eigenvalue weighted by Crippen LogP contribution is -2.08. The van der Waals surface area contributed by atoms with E-state index in [9.17, 15) is 9.59 Å². The molecule has 0 spiro atoms. The van der Waals surface area contributed by atoms with E-state index in [1.165, 1.54) is 0 Å². The van der Waals surface area contributed by atoms with Crippen LogP contribution in [0.1, 0.15) is 32.7 Å². The Labute approximate surface area is 132 Å². The minimum atomic E-state index is -0.279. The SMILES string of the molecule is N#Cc1ccc(C(=O)CC(=O)c2ccc3nccnc3c2)cc1. The van der Waals surface area contributed by atoms with Crippen molar-refractivity contribution < 1.29 is 9.59 Å². The number of nitriles is 1. The second kappa shape index (κ2) is 6.16. The quantitative estimate of drug-likeness (QED) is 0.546. The fourth-order valence-corrected chi connectivity index (χ4v) is 2.22. The van der Waals surface area contributed by atoms with Gasteiger partial charge < -0.3 is 0 Å². The predicted molar refractivity (Wildman–Crippen MR) is 84.0 cm³/mol. The fraction of sp³-hybridized carbons (Fsp3) is 0.0556. The molecule has 0 saturated heterocycles. The Morgan fingerprint density at radius 3 is 2.17 bits per heavy atom. The summed E-state index contributed by atoms with van der Waals surface area (Å²) in [6, 6.07) is 13.2. The van der Waals surface area contributed by atoms with Crippen LogP contribution in [0.2, 0.25) is 0 Å². The van der Waals surface area contributed by atoms with E-state index in [4.69, 9.17) is 5.26 Å². The summed E-state index contributed by atoms with van der Waals surface area (Å²) in [7, 11) is 0. The Balaban J connectivity index is 1.79. The van der Waals surface area contributed by atoms with Gasteiger partial charge in [0.2, 0.25) is 0 Å². The van der Waals surface area contributed by atoms with Crippen molar-refractivity contribution in [3.8, 4) is 6.07 Å². The normalized spacial score (nSPS) is 10.2. The maximum atomic E-state index is 12.3. The molecule has 0 unspecified atom stereocenters. The average Bonchev–Trinajstić information content (AvgIpc) is 2.61. The van der Waals surface area contributed by atoms with E-state index in [1.54, 1.807) is 54.9 Å². The predicted octanol–water partition coefficient (Wildman–Crippen LogP) is 2.96. The average molecular weight is 301 g/mol. The molecule has 0 bridgehead atoms. The van der Waals surface area contributed by atoms with Crippen molar-refractivity contribution in [1.29, 1.82) is 5.26 Å². The molecule has 0 radical (unpaired) electrons. The number of benzene rings is 2. The summed E-state index contributed by atoms with van der Waals surface area (Å²) in [5, 5.41) is 8.75. The molecule has 5 heteroatoms. The van der Waals surface area contributed by atoms with Crippen LogP contribution in [-0.4, -0.2) is 21.5 Å². The summed E-state index contributed by atoms with van der Waals surface area (Å²) in [5.74, 6) is -0.550. The third kappa shape index (κ3) is 3.11. The van der Waals surface area contributed by atoms with Gasteiger partial charge in [-0.15, -0.1) is 0 Å². The lowest BCUT2D eigenvalue weighted by Gasteiger charge is -2.03. The van der Waals surface area contributed by atoms with Gasteiger partial charge >= 0.3 is 0 Å². The van der Waals surface area contributed by atoms with Gasteiger partial charge in [-0.05, 0) is 30.3 Å². The number of fused-ring (bicyclic) bond motifs is 1. The Bertz CT molecular complexity index is 940. The van der Waals surface area contributed by atoms with Crippen molar-refractivity contribution in [1.82, 2.24) is 9.97 Å². The number of rotatable bonds is 4. The first kappa shape index (κ1) is 14.5. The van der Waals surface area contributed by atoms with Crippen LogP contribution < -0.4 is 0 Å². The number of hydrogen-bond donors (Lipinski definition) is 0. The van der Waals surface area contributed by atoms with Crippen molar-refractivity contribution in [2.75, 3.05) is 0 Å². The van der Waals surface area contributed by atoms with Crippen molar-refractivity contribution in [2.45, 2.75) is 6.42 Å². The number of hydrogen-bond acceptors (Lipinski definition) is 5. The Morgan fingerprint density at radius 2 is 1.48 bits per heavy atom. The highest BCUT2D eigenvalue weighted by atomic mass is 16.1. The van der Waals surface area contributed by atoms with E-state index in [-0.39, 0.29) is 18.0 Å². The van der Waals surface area contributed by atoms with Gasteiger partial charge in [0.15, 0.2) is 11.6 Å². The van der Waals surface area contributed by atoms with Gasteiger partial charge in [-0.25, -0.2) is 0 Å². The van der Waals surface area contributed by atoms with E-state index in [1.807, 2.05) is 6.07 Å². The molecule has 2 aromatic carbocycles. The molecule has 0 amide bonds. The van der Waals surface area contributed by atoms with Crippen LogP contribution in [0.15, 0.2) is 54.9 Å². The standard InChI is InChI=1S/C18H11N3O2/c19-11-12-1-3-13(4-2-12)17(22)10-18(23)14-5-6-15-16(9-14)21-8-7-20-15/h1-9H,10H2. The molecule has 5 nitrogen and oxygen atoms in total. The van der Waals surface area contributed by atoms with Gasteiger partial charge in [0.05, 0.1) is 29.1 Å². The highest BCUT2D eigenvalue weighted by Gasteiger charge is 2.14. The molecule has 0 saturated carbocycles. The van der Waals surface area contributed by atoms with Crippen LogP contribution in [0.4, 0.5) is 0 Å². The number of carbonyl (C=O) groups is 2. The Kier molecular flexibility index (Phi) is 3.89. The number of carbonyl (C=O) groups excluding carboxylic acids is 2. The summed E-state index contributed by atoms with van der Waals surface area (Å²) in [5.41, 5.74) is 2.63. The second-order valence-electron chi connectivity index (χ2n) is 4.97. The van der Waals surface area contributed by atoms with Crippen molar-refractivity contribution in [2.24, 2.45) is 0 Å². The van der Waals surface area contributed by atoms with Gasteiger partial charge in [-0.2, -0.15) is 5.26 Å². The number of ketones is 2. The zero-order chi connectivity index (χ0) is 16.2. The molecule has 0 fully saturated rings. The number of aromatic nitrogens is 2. The zero-order valence-electron chi connectivity index (χ0n) is 12.1. The summed E-state index contributed by atoms with van der Waals surface area (Å²) in [6.45, 7) is 0. The largest absolute Gasteiger partial charge is 0.294 e. The molecule has 3 rings (SSSR count). The van der Waals surface area contributed by atoms with Crippen LogP contribution in [-0.2, 0) is 0 Å². The minimum absolute atomic E-state index is 0.225. The maximum absolute atomic E-state index is 12.3. The first-order valence-corrected chi connectivity index (χ1v) is 6.95. The van der Waals surface area contributed by atoms with Gasteiger partial charge in [0, 0.05) is 23.5 Å². The molecule has 0 aliphatic rings. The summed E-state index contributed by atoms with van der Waals surface area (Å²) in [4.78, 5) is 32.7. The van der Waals surface area contributed by atoms with Crippen LogP contribution >= 0.6 is 0 Å². The molecule has 23 heavy (non-hydrogen) atoms. The van der Waals surface area contributed by atoms with Crippen LogP contribution in [0.25, 0.3) is 11.0 Å². The van der Waals surface area contributed by atoms with Crippen molar-refractivity contribution in [3.63, 3.8) is 0 Å². The van der Waals surface area contributed by atoms with E-state index in [2.05, 4.69) is 9.97 Å². The molecule has 0 atom stereocenters. The van der Waals surface area contributed by atoms with Gasteiger partial charge in [-0.1, -0.05) is 12.1 Å². The van der Waals surface area contributed by atoms with Crippen LogP contribution in [0.5, 0.6) is 0 Å². The molecule has 0 N–H and O–H groups in total. The lowest BCUT2D eigenvalue weighted by atomic mass is 10.0. The van der Waals surface area contributed by atoms with Crippen molar-refractivity contribution in [3.05, 3.63) is 71.5 Å². The highest BCUT2D eigenvalue weighted by Crippen LogP contribution is 2.14.